The molecule has 0 saturated carbocycles. The van der Waals surface area contributed by atoms with Gasteiger partial charge in [0.25, 0.3) is 0 Å². The van der Waals surface area contributed by atoms with Gasteiger partial charge in [-0.05, 0) is 33.3 Å². The number of nitrogens with zero attached hydrogens (tertiary/aromatic N) is 2. The van der Waals surface area contributed by atoms with Crippen molar-refractivity contribution in [3.05, 3.63) is 53.7 Å². The standard InChI is InChI=1S/C14H18N2.2C2H6/c1-5-11(3)7-8-13(6-2)14-9-15-12(4)16-10-14;2*1-2/h5-10H,1-4H3;2*1-2H3/b8-7-,11-5-,13-6+;;. The molecule has 0 fully saturated rings. The third-order valence-corrected chi connectivity index (χ3v) is 2.41. The summed E-state index contributed by atoms with van der Waals surface area (Å²) in [5.41, 5.74) is 3.43. The van der Waals surface area contributed by atoms with Crippen molar-refractivity contribution in [3.8, 4) is 0 Å². The molecular weight excluding hydrogens is 244 g/mol. The van der Waals surface area contributed by atoms with Gasteiger partial charge in [0.05, 0.1) is 0 Å². The maximum Gasteiger partial charge on any atom is 0.125 e. The molecule has 2 heteroatoms. The van der Waals surface area contributed by atoms with Gasteiger partial charge in [-0.15, -0.1) is 0 Å². The molecule has 1 aromatic heterocycles. The first-order valence-electron chi connectivity index (χ1n) is 7.43. The summed E-state index contributed by atoms with van der Waals surface area (Å²) >= 11 is 0. The molecular formula is C18H30N2. The lowest BCUT2D eigenvalue weighted by molar-refractivity contribution is 1.05. The molecule has 2 nitrogen and oxygen atoms in total. The minimum absolute atomic E-state index is 0.799. The van der Waals surface area contributed by atoms with E-state index in [0.717, 1.165) is 17.0 Å². The molecule has 0 aromatic carbocycles. The van der Waals surface area contributed by atoms with E-state index in [9.17, 15) is 0 Å². The minimum Gasteiger partial charge on any atom is -0.241 e. The molecule has 0 spiro atoms. The first-order valence-corrected chi connectivity index (χ1v) is 7.43. The van der Waals surface area contributed by atoms with Crippen molar-refractivity contribution in [2.75, 3.05) is 0 Å². The van der Waals surface area contributed by atoms with Gasteiger partial charge in [0.1, 0.15) is 5.82 Å². The smallest absolute Gasteiger partial charge is 0.125 e. The molecule has 1 rings (SSSR count). The molecule has 0 unspecified atom stereocenters. The Hall–Kier alpha value is -1.70. The molecule has 1 aromatic rings. The summed E-state index contributed by atoms with van der Waals surface area (Å²) in [5, 5.41) is 0. The van der Waals surface area contributed by atoms with Crippen molar-refractivity contribution >= 4 is 5.57 Å². The Kier molecular flexibility index (Phi) is 14.1. The summed E-state index contributed by atoms with van der Waals surface area (Å²) in [6.45, 7) is 16.0. The van der Waals surface area contributed by atoms with Crippen molar-refractivity contribution in [3.63, 3.8) is 0 Å². The molecule has 0 atom stereocenters. The number of aryl methyl sites for hydroxylation is 1. The molecule has 1 heterocycles. The van der Waals surface area contributed by atoms with Gasteiger partial charge in [-0.25, -0.2) is 9.97 Å². The van der Waals surface area contributed by atoms with Crippen LogP contribution in [-0.4, -0.2) is 9.97 Å². The molecule has 0 aliphatic carbocycles. The predicted molar refractivity (Wildman–Crippen MR) is 91.7 cm³/mol. The summed E-state index contributed by atoms with van der Waals surface area (Å²) < 4.78 is 0. The van der Waals surface area contributed by atoms with Crippen LogP contribution in [-0.2, 0) is 0 Å². The molecule has 20 heavy (non-hydrogen) atoms. The van der Waals surface area contributed by atoms with E-state index in [1.54, 1.807) is 0 Å². The lowest BCUT2D eigenvalue weighted by Gasteiger charge is -2.01. The SMILES string of the molecule is CC.CC.C\C=C(C)/C=C\C(=C/C)c1cnc(C)nc1. The summed E-state index contributed by atoms with van der Waals surface area (Å²) in [5.74, 6) is 0.799. The monoisotopic (exact) mass is 274 g/mol. The lowest BCUT2D eigenvalue weighted by Crippen LogP contribution is -1.89. The fourth-order valence-corrected chi connectivity index (χ4v) is 1.22. The van der Waals surface area contributed by atoms with Gasteiger partial charge < -0.3 is 0 Å². The van der Waals surface area contributed by atoms with E-state index in [1.807, 2.05) is 60.9 Å². The van der Waals surface area contributed by atoms with Gasteiger partial charge in [-0.2, -0.15) is 0 Å². The van der Waals surface area contributed by atoms with Crippen molar-refractivity contribution in [1.29, 1.82) is 0 Å². The van der Waals surface area contributed by atoms with Crippen LogP contribution in [0.25, 0.3) is 5.57 Å². The fourth-order valence-electron chi connectivity index (χ4n) is 1.22. The van der Waals surface area contributed by atoms with Crippen molar-refractivity contribution in [1.82, 2.24) is 9.97 Å². The predicted octanol–water partition coefficient (Wildman–Crippen LogP) is 5.76. The largest absolute Gasteiger partial charge is 0.241 e. The second-order valence-electron chi connectivity index (χ2n) is 3.63. The average Bonchev–Trinajstić information content (AvgIpc) is 2.53. The normalized spacial score (nSPS) is 11.4. The second-order valence-corrected chi connectivity index (χ2v) is 3.63. The second kappa shape index (κ2) is 13.7. The van der Waals surface area contributed by atoms with Crippen LogP contribution >= 0.6 is 0 Å². The van der Waals surface area contributed by atoms with E-state index < -0.39 is 0 Å². The van der Waals surface area contributed by atoms with E-state index in [4.69, 9.17) is 0 Å². The van der Waals surface area contributed by atoms with E-state index in [-0.39, 0.29) is 0 Å². The Balaban J connectivity index is 0. The number of allylic oxidation sites excluding steroid dienone is 6. The Morgan fingerprint density at radius 3 is 1.80 bits per heavy atom. The molecule has 112 valence electrons. The van der Waals surface area contributed by atoms with E-state index >= 15 is 0 Å². The van der Waals surface area contributed by atoms with E-state index in [2.05, 4.69) is 41.2 Å². The Morgan fingerprint density at radius 2 is 1.40 bits per heavy atom. The summed E-state index contributed by atoms with van der Waals surface area (Å²) in [7, 11) is 0. The van der Waals surface area contributed by atoms with Gasteiger partial charge in [0.2, 0.25) is 0 Å². The van der Waals surface area contributed by atoms with Crippen LogP contribution in [0.5, 0.6) is 0 Å². The lowest BCUT2D eigenvalue weighted by atomic mass is 10.1. The van der Waals surface area contributed by atoms with Crippen LogP contribution in [0, 0.1) is 6.92 Å². The number of hydrogen-bond acceptors (Lipinski definition) is 2. The molecule has 0 aliphatic heterocycles. The zero-order valence-electron chi connectivity index (χ0n) is 14.4. The van der Waals surface area contributed by atoms with Crippen LogP contribution in [0.15, 0.2) is 42.3 Å². The Morgan fingerprint density at radius 1 is 0.900 bits per heavy atom. The van der Waals surface area contributed by atoms with E-state index in [1.165, 1.54) is 5.57 Å². The highest BCUT2D eigenvalue weighted by Crippen LogP contribution is 2.14. The summed E-state index contributed by atoms with van der Waals surface area (Å²) in [4.78, 5) is 8.39. The van der Waals surface area contributed by atoms with Crippen LogP contribution < -0.4 is 0 Å². The molecule has 0 radical (unpaired) electrons. The molecule has 0 saturated heterocycles. The third kappa shape index (κ3) is 8.41. The molecule has 0 N–H and O–H groups in total. The number of hydrogen-bond donors (Lipinski definition) is 0. The molecule has 0 bridgehead atoms. The number of aromatic nitrogens is 2. The van der Waals surface area contributed by atoms with Crippen molar-refractivity contribution in [2.24, 2.45) is 0 Å². The average molecular weight is 274 g/mol. The highest BCUT2D eigenvalue weighted by atomic mass is 14.8. The topological polar surface area (TPSA) is 25.8 Å². The minimum atomic E-state index is 0.799. The Bertz CT molecular complexity index is 423. The van der Waals surface area contributed by atoms with Gasteiger partial charge >= 0.3 is 0 Å². The van der Waals surface area contributed by atoms with Crippen LogP contribution in [0.2, 0.25) is 0 Å². The summed E-state index contributed by atoms with van der Waals surface area (Å²) in [6.07, 6.45) is 12.0. The highest BCUT2D eigenvalue weighted by molar-refractivity contribution is 5.73. The first-order chi connectivity index (χ1) is 9.67. The fraction of sp³-hybridized carbons (Fsp3) is 0.444. The zero-order valence-corrected chi connectivity index (χ0v) is 14.4. The van der Waals surface area contributed by atoms with Crippen molar-refractivity contribution in [2.45, 2.75) is 55.4 Å². The van der Waals surface area contributed by atoms with Gasteiger partial charge in [0.15, 0.2) is 0 Å². The van der Waals surface area contributed by atoms with Gasteiger partial charge in [0, 0.05) is 18.0 Å². The van der Waals surface area contributed by atoms with Crippen molar-refractivity contribution < 1.29 is 0 Å². The Labute approximate surface area is 125 Å². The first kappa shape index (κ1) is 20.6. The van der Waals surface area contributed by atoms with E-state index in [0.29, 0.717) is 0 Å². The maximum absolute atomic E-state index is 4.19. The zero-order chi connectivity index (χ0) is 16.0. The van der Waals surface area contributed by atoms with Gasteiger partial charge in [-0.3, -0.25) is 0 Å². The van der Waals surface area contributed by atoms with Gasteiger partial charge in [-0.1, -0.05) is 57.6 Å². The molecule has 0 amide bonds. The molecule has 0 aliphatic rings. The highest BCUT2D eigenvalue weighted by Gasteiger charge is 1.97. The summed E-state index contributed by atoms with van der Waals surface area (Å²) in [6, 6.07) is 0. The quantitative estimate of drug-likeness (QED) is 0.654. The van der Waals surface area contributed by atoms with Crippen LogP contribution in [0.1, 0.15) is 59.9 Å². The van der Waals surface area contributed by atoms with Crippen LogP contribution in [0.3, 0.4) is 0 Å². The maximum atomic E-state index is 4.19. The van der Waals surface area contributed by atoms with Crippen LogP contribution in [0.4, 0.5) is 0 Å². The number of rotatable bonds is 3. The third-order valence-electron chi connectivity index (χ3n) is 2.41.